The summed E-state index contributed by atoms with van der Waals surface area (Å²) >= 11 is 0. The third-order valence-corrected chi connectivity index (χ3v) is 5.77. The molecule has 0 fully saturated rings. The van der Waals surface area contributed by atoms with E-state index in [0.717, 1.165) is 11.1 Å². The maximum Gasteiger partial charge on any atom is 0.261 e. The molecular formula is C27H33FN2O3. The molecule has 0 saturated carbocycles. The van der Waals surface area contributed by atoms with Crippen molar-refractivity contribution in [2.24, 2.45) is 5.41 Å². The summed E-state index contributed by atoms with van der Waals surface area (Å²) in [6.45, 7) is 12.1. The maximum atomic E-state index is 14.2. The maximum absolute atomic E-state index is 14.2. The quantitative estimate of drug-likeness (QED) is 0.614. The number of nitrogens with one attached hydrogen (secondary N) is 1. The van der Waals surface area contributed by atoms with Gasteiger partial charge in [-0.1, -0.05) is 52.0 Å². The highest BCUT2D eigenvalue weighted by molar-refractivity contribution is 5.83. The van der Waals surface area contributed by atoms with E-state index in [1.54, 1.807) is 12.1 Å². The Kier molecular flexibility index (Phi) is 7.57. The fourth-order valence-electron chi connectivity index (χ4n) is 4.13. The van der Waals surface area contributed by atoms with Gasteiger partial charge in [-0.25, -0.2) is 4.39 Å². The smallest absolute Gasteiger partial charge is 0.261 e. The molecule has 5 nitrogen and oxygen atoms in total. The average molecular weight is 453 g/mol. The molecular weight excluding hydrogens is 419 g/mol. The number of ether oxygens (including phenoxy) is 1. The Labute approximate surface area is 195 Å². The van der Waals surface area contributed by atoms with Gasteiger partial charge in [0.05, 0.1) is 6.04 Å². The zero-order valence-corrected chi connectivity index (χ0v) is 19.9. The van der Waals surface area contributed by atoms with E-state index in [4.69, 9.17) is 4.74 Å². The molecule has 2 aromatic carbocycles. The van der Waals surface area contributed by atoms with E-state index in [9.17, 15) is 14.0 Å². The van der Waals surface area contributed by atoms with Crippen molar-refractivity contribution < 1.29 is 18.7 Å². The summed E-state index contributed by atoms with van der Waals surface area (Å²) in [5.41, 5.74) is 2.11. The summed E-state index contributed by atoms with van der Waals surface area (Å²) in [7, 11) is 0. The minimum Gasteiger partial charge on any atom is -0.481 e. The molecule has 3 rings (SSSR count). The van der Waals surface area contributed by atoms with Crippen molar-refractivity contribution in [3.8, 4) is 5.75 Å². The van der Waals surface area contributed by atoms with Crippen LogP contribution in [-0.2, 0) is 16.0 Å². The number of fused-ring (bicyclic) bond motifs is 1. The van der Waals surface area contributed by atoms with E-state index in [-0.39, 0.29) is 17.6 Å². The van der Waals surface area contributed by atoms with Crippen molar-refractivity contribution in [1.29, 1.82) is 0 Å². The van der Waals surface area contributed by atoms with Crippen LogP contribution < -0.4 is 10.1 Å². The van der Waals surface area contributed by atoms with Crippen LogP contribution in [0.15, 0.2) is 55.1 Å². The SMILES string of the molecule is C=CCNC(=O)[C@H](CC)Oc1ccc2c(c1)[C@@H](c1cccc(F)c1)N(C(=O)C(C)(C)C)CC2. The van der Waals surface area contributed by atoms with Crippen LogP contribution in [0.5, 0.6) is 5.75 Å². The molecule has 0 unspecified atom stereocenters. The molecule has 1 aliphatic heterocycles. The van der Waals surface area contributed by atoms with Gasteiger partial charge in [0.2, 0.25) is 5.91 Å². The third kappa shape index (κ3) is 5.62. The second kappa shape index (κ2) is 10.2. The topological polar surface area (TPSA) is 58.6 Å². The molecule has 2 aromatic rings. The highest BCUT2D eigenvalue weighted by atomic mass is 19.1. The molecule has 0 bridgehead atoms. The van der Waals surface area contributed by atoms with Gasteiger partial charge < -0.3 is 15.0 Å². The van der Waals surface area contributed by atoms with Crippen molar-refractivity contribution in [3.63, 3.8) is 0 Å². The van der Waals surface area contributed by atoms with Crippen LogP contribution in [0.2, 0.25) is 0 Å². The number of rotatable bonds is 7. The highest BCUT2D eigenvalue weighted by Crippen LogP contribution is 2.39. The fraction of sp³-hybridized carbons (Fsp3) is 0.407. The van der Waals surface area contributed by atoms with Crippen LogP contribution in [0.1, 0.15) is 56.8 Å². The lowest BCUT2D eigenvalue weighted by Gasteiger charge is -2.41. The van der Waals surface area contributed by atoms with Gasteiger partial charge in [0.15, 0.2) is 6.10 Å². The van der Waals surface area contributed by atoms with Crippen LogP contribution in [0, 0.1) is 11.2 Å². The second-order valence-electron chi connectivity index (χ2n) is 9.37. The molecule has 2 atom stereocenters. The van der Waals surface area contributed by atoms with Crippen molar-refractivity contribution in [2.45, 2.75) is 52.7 Å². The standard InChI is InChI=1S/C27H33FN2O3/c1-6-14-29-25(31)23(7-2)33-21-12-11-18-13-15-30(26(32)27(3,4)5)24(22(18)17-21)19-9-8-10-20(28)16-19/h6,8-12,16-17,23-24H,1,7,13-15H2,2-5H3,(H,29,31)/t23-,24+/m0/s1. The fourth-order valence-corrected chi connectivity index (χ4v) is 4.13. The van der Waals surface area contributed by atoms with Crippen LogP contribution in [0.3, 0.4) is 0 Å². The lowest BCUT2D eigenvalue weighted by molar-refractivity contribution is -0.141. The Morgan fingerprint density at radius 1 is 1.27 bits per heavy atom. The first-order chi connectivity index (χ1) is 15.7. The summed E-state index contributed by atoms with van der Waals surface area (Å²) in [6.07, 6.45) is 2.17. The van der Waals surface area contributed by atoms with Gasteiger partial charge in [0.1, 0.15) is 11.6 Å². The van der Waals surface area contributed by atoms with Gasteiger partial charge >= 0.3 is 0 Å². The molecule has 1 aliphatic rings. The molecule has 1 heterocycles. The summed E-state index contributed by atoms with van der Waals surface area (Å²) in [5, 5.41) is 2.77. The molecule has 0 spiro atoms. The van der Waals surface area contributed by atoms with Crippen LogP contribution in [0.4, 0.5) is 4.39 Å². The number of halogens is 1. The lowest BCUT2D eigenvalue weighted by atomic mass is 9.85. The normalized spacial score (nSPS) is 16.5. The summed E-state index contributed by atoms with van der Waals surface area (Å²) < 4.78 is 20.2. The Bertz CT molecular complexity index is 1030. The molecule has 6 heteroatoms. The lowest BCUT2D eigenvalue weighted by Crippen LogP contribution is -2.45. The van der Waals surface area contributed by atoms with Gasteiger partial charge in [-0.2, -0.15) is 0 Å². The largest absolute Gasteiger partial charge is 0.481 e. The second-order valence-corrected chi connectivity index (χ2v) is 9.37. The first-order valence-electron chi connectivity index (χ1n) is 11.4. The Balaban J connectivity index is 2.02. The number of hydrogen-bond acceptors (Lipinski definition) is 3. The van der Waals surface area contributed by atoms with Crippen LogP contribution in [0.25, 0.3) is 0 Å². The molecule has 176 valence electrons. The zero-order valence-electron chi connectivity index (χ0n) is 19.9. The number of hydrogen-bond donors (Lipinski definition) is 1. The van der Waals surface area contributed by atoms with Crippen molar-refractivity contribution in [2.75, 3.05) is 13.1 Å². The molecule has 0 radical (unpaired) electrons. The minimum atomic E-state index is -0.647. The van der Waals surface area contributed by atoms with E-state index in [2.05, 4.69) is 11.9 Å². The van der Waals surface area contributed by atoms with Gasteiger partial charge in [0, 0.05) is 18.5 Å². The summed E-state index contributed by atoms with van der Waals surface area (Å²) in [4.78, 5) is 27.6. The van der Waals surface area contributed by atoms with Crippen LogP contribution in [-0.4, -0.2) is 35.9 Å². The van der Waals surface area contributed by atoms with Crippen molar-refractivity contribution in [1.82, 2.24) is 10.2 Å². The minimum absolute atomic E-state index is 0.00368. The highest BCUT2D eigenvalue weighted by Gasteiger charge is 2.37. The average Bonchev–Trinajstić information content (AvgIpc) is 2.78. The first kappa shape index (κ1) is 24.5. The number of benzene rings is 2. The number of nitrogens with zero attached hydrogens (tertiary/aromatic N) is 1. The van der Waals surface area contributed by atoms with Gasteiger partial charge in [-0.15, -0.1) is 6.58 Å². The summed E-state index contributed by atoms with van der Waals surface area (Å²) in [5.74, 6) is -0.00811. The summed E-state index contributed by atoms with van der Waals surface area (Å²) in [6, 6.07) is 11.7. The first-order valence-corrected chi connectivity index (χ1v) is 11.4. The molecule has 2 amide bonds. The van der Waals surface area contributed by atoms with E-state index in [0.29, 0.717) is 37.2 Å². The van der Waals surface area contributed by atoms with Gasteiger partial charge in [-0.05, 0) is 53.8 Å². The molecule has 33 heavy (non-hydrogen) atoms. The molecule has 0 aromatic heterocycles. The molecule has 0 aliphatic carbocycles. The Morgan fingerprint density at radius 2 is 2.03 bits per heavy atom. The predicted octanol–water partition coefficient (Wildman–Crippen LogP) is 4.81. The number of amides is 2. The van der Waals surface area contributed by atoms with Gasteiger partial charge in [-0.3, -0.25) is 9.59 Å². The molecule has 0 saturated heterocycles. The monoisotopic (exact) mass is 452 g/mol. The van der Waals surface area contributed by atoms with E-state index >= 15 is 0 Å². The third-order valence-electron chi connectivity index (χ3n) is 5.77. The van der Waals surface area contributed by atoms with Gasteiger partial charge in [0.25, 0.3) is 5.91 Å². The van der Waals surface area contributed by atoms with E-state index in [1.165, 1.54) is 12.1 Å². The van der Waals surface area contributed by atoms with Crippen molar-refractivity contribution >= 4 is 11.8 Å². The van der Waals surface area contributed by atoms with E-state index < -0.39 is 17.6 Å². The van der Waals surface area contributed by atoms with E-state index in [1.807, 2.05) is 56.9 Å². The zero-order chi connectivity index (χ0) is 24.2. The van der Waals surface area contributed by atoms with Crippen molar-refractivity contribution in [3.05, 3.63) is 77.6 Å². The number of carbonyl (C=O) groups excluding carboxylic acids is 2. The Hall–Kier alpha value is -3.15. The molecule has 1 N–H and O–H groups in total. The Morgan fingerprint density at radius 3 is 2.67 bits per heavy atom. The predicted molar refractivity (Wildman–Crippen MR) is 127 cm³/mol. The number of carbonyl (C=O) groups is 2. The van der Waals surface area contributed by atoms with Crippen LogP contribution >= 0.6 is 0 Å².